The first-order chi connectivity index (χ1) is 29.2. The average Bonchev–Trinajstić information content (AvgIpc) is 3.71. The van der Waals surface area contributed by atoms with Crippen molar-refractivity contribution in [3.63, 3.8) is 0 Å². The van der Waals surface area contributed by atoms with Gasteiger partial charge < -0.3 is 0 Å². The molecule has 2 atom stereocenters. The summed E-state index contributed by atoms with van der Waals surface area (Å²) < 4.78 is 2.68. The number of hydrogen-bond acceptors (Lipinski definition) is 2. The van der Waals surface area contributed by atoms with Crippen molar-refractivity contribution in [2.75, 3.05) is 0 Å². The second-order valence-electron chi connectivity index (χ2n) is 16.4. The third-order valence-corrected chi connectivity index (χ3v) is 14.0. The highest BCUT2D eigenvalue weighted by Gasteiger charge is 2.26. The molecule has 8 aromatic rings. The van der Waals surface area contributed by atoms with Gasteiger partial charge in [0.1, 0.15) is 0 Å². The van der Waals surface area contributed by atoms with Gasteiger partial charge in [0.25, 0.3) is 0 Å². The van der Waals surface area contributed by atoms with Crippen LogP contribution in [0.3, 0.4) is 0 Å². The molecule has 0 amide bonds. The molecule has 2 heteroatoms. The number of rotatable bonds is 5. The Morgan fingerprint density at radius 1 is 0.593 bits per heavy atom. The summed E-state index contributed by atoms with van der Waals surface area (Å²) in [6.07, 6.45) is 21.4. The average molecular weight is 776 g/mol. The maximum Gasteiger partial charge on any atom is 0.0712 e. The largest absolute Gasteiger partial charge is 0.248 e. The molecule has 1 aromatic heterocycles. The van der Waals surface area contributed by atoms with E-state index in [2.05, 4.69) is 189 Å². The van der Waals surface area contributed by atoms with Crippen molar-refractivity contribution in [1.29, 1.82) is 0 Å². The summed E-state index contributed by atoms with van der Waals surface area (Å²) in [4.78, 5) is 5.45. The molecule has 0 radical (unpaired) electrons. The van der Waals surface area contributed by atoms with E-state index in [-0.39, 0.29) is 5.92 Å². The molecule has 0 fully saturated rings. The van der Waals surface area contributed by atoms with Crippen LogP contribution in [0.25, 0.3) is 64.5 Å². The van der Waals surface area contributed by atoms with Crippen LogP contribution < -0.4 is 0 Å². The van der Waals surface area contributed by atoms with Crippen molar-refractivity contribution < 1.29 is 0 Å². The molecule has 0 spiro atoms. The van der Waals surface area contributed by atoms with E-state index in [4.69, 9.17) is 4.99 Å². The molecule has 0 saturated carbocycles. The molecule has 2 heterocycles. The summed E-state index contributed by atoms with van der Waals surface area (Å²) in [5.74, 6) is 0.596. The smallest absolute Gasteiger partial charge is 0.0712 e. The van der Waals surface area contributed by atoms with Gasteiger partial charge >= 0.3 is 0 Å². The topological polar surface area (TPSA) is 12.4 Å². The summed E-state index contributed by atoms with van der Waals surface area (Å²) in [5.41, 5.74) is 14.0. The van der Waals surface area contributed by atoms with Crippen LogP contribution in [0.1, 0.15) is 72.8 Å². The molecule has 59 heavy (non-hydrogen) atoms. The van der Waals surface area contributed by atoms with Gasteiger partial charge in [-0.25, -0.2) is 4.99 Å². The highest BCUT2D eigenvalue weighted by atomic mass is 32.1. The number of aliphatic imine (C=N–C) groups is 1. The Morgan fingerprint density at radius 2 is 1.36 bits per heavy atom. The monoisotopic (exact) mass is 775 g/mol. The number of thiophene rings is 1. The Labute approximate surface area is 350 Å². The summed E-state index contributed by atoms with van der Waals surface area (Å²) in [6.45, 7) is 2.40. The number of allylic oxidation sites excluding steroid dienone is 8. The summed E-state index contributed by atoms with van der Waals surface area (Å²) in [7, 11) is 0. The van der Waals surface area contributed by atoms with Crippen molar-refractivity contribution in [2.24, 2.45) is 10.9 Å². The first kappa shape index (κ1) is 35.8. The van der Waals surface area contributed by atoms with E-state index in [0.717, 1.165) is 49.1 Å². The molecule has 1 aliphatic heterocycles. The lowest BCUT2D eigenvalue weighted by molar-refractivity contribution is 0.674. The fraction of sp³-hybridized carbons (Fsp3) is 0.140. The van der Waals surface area contributed by atoms with Crippen molar-refractivity contribution in [1.82, 2.24) is 0 Å². The number of fused-ring (bicyclic) bond motifs is 9. The van der Waals surface area contributed by atoms with Crippen LogP contribution in [0.4, 0.5) is 0 Å². The molecular weight excluding hydrogens is 731 g/mol. The van der Waals surface area contributed by atoms with E-state index in [1.165, 1.54) is 86.2 Å². The van der Waals surface area contributed by atoms with Gasteiger partial charge in [0, 0.05) is 31.7 Å². The van der Waals surface area contributed by atoms with Gasteiger partial charge in [0.15, 0.2) is 0 Å². The predicted molar refractivity (Wildman–Crippen MR) is 256 cm³/mol. The second-order valence-corrected chi connectivity index (χ2v) is 17.5. The maximum absolute atomic E-state index is 5.45. The Morgan fingerprint density at radius 3 is 2.22 bits per heavy atom. The fourth-order valence-corrected chi connectivity index (χ4v) is 10.9. The number of hydrogen-bond donors (Lipinski definition) is 0. The zero-order valence-electron chi connectivity index (χ0n) is 33.4. The second kappa shape index (κ2) is 15.1. The lowest BCUT2D eigenvalue weighted by Crippen LogP contribution is -2.09. The van der Waals surface area contributed by atoms with Crippen LogP contribution >= 0.6 is 11.3 Å². The molecule has 11 rings (SSSR count). The first-order valence-electron chi connectivity index (χ1n) is 21.2. The number of benzene rings is 7. The minimum atomic E-state index is 0.232. The molecule has 2 aliphatic carbocycles. The van der Waals surface area contributed by atoms with Crippen LogP contribution in [0.2, 0.25) is 0 Å². The van der Waals surface area contributed by atoms with E-state index in [9.17, 15) is 0 Å². The Balaban J connectivity index is 1.04. The van der Waals surface area contributed by atoms with Crippen molar-refractivity contribution in [3.8, 4) is 11.1 Å². The van der Waals surface area contributed by atoms with Crippen molar-refractivity contribution in [2.45, 2.75) is 44.9 Å². The number of nitrogens with zero attached hydrogens (tertiary/aromatic N) is 1. The lowest BCUT2D eigenvalue weighted by atomic mass is 9.76. The van der Waals surface area contributed by atoms with Gasteiger partial charge in [-0.05, 0) is 134 Å². The molecular formula is C57H45NS. The highest BCUT2D eigenvalue weighted by Crippen LogP contribution is 2.46. The fourth-order valence-electron chi connectivity index (χ4n) is 9.83. The van der Waals surface area contributed by atoms with Gasteiger partial charge in [-0.1, -0.05) is 159 Å². The molecule has 7 aromatic carbocycles. The van der Waals surface area contributed by atoms with Gasteiger partial charge in [-0.3, -0.25) is 0 Å². The molecule has 0 N–H and O–H groups in total. The van der Waals surface area contributed by atoms with Crippen LogP contribution in [0, 0.1) is 5.92 Å². The van der Waals surface area contributed by atoms with E-state index in [0.29, 0.717) is 5.92 Å². The predicted octanol–water partition coefficient (Wildman–Crippen LogP) is 16.0. The zero-order valence-corrected chi connectivity index (χ0v) is 34.2. The van der Waals surface area contributed by atoms with Crippen LogP contribution in [0.5, 0.6) is 0 Å². The Hall–Kier alpha value is -6.35. The van der Waals surface area contributed by atoms with Gasteiger partial charge in [-0.2, -0.15) is 0 Å². The molecule has 0 saturated heterocycles. The van der Waals surface area contributed by atoms with Gasteiger partial charge in [0.2, 0.25) is 0 Å². The van der Waals surface area contributed by atoms with Crippen molar-refractivity contribution >= 4 is 70.4 Å². The standard InChI is InChI=1S/C57H45NS/c1-37-15-12-27-53(38-16-4-2-5-17-38)58-54(39-18-6-3-7-19-39)36-50(37)43-21-13-20-42(33-43)44-25-14-26-48-45-22-8-9-23-46(45)51-34-40(29-31-49(51)57(44)48)41-30-32-56-52(35-41)47-24-10-11-28-55(47)59-56/h2-4,6-11,13-14,16,18-24,26-37,44H,5,12,15,17,25H2,1H3/b50-36+,53-27+,58-54+/t37-,44?/m1/s1. The van der Waals surface area contributed by atoms with E-state index < -0.39 is 0 Å². The first-order valence-corrected chi connectivity index (χ1v) is 22.1. The molecule has 1 nitrogen and oxygen atoms in total. The maximum atomic E-state index is 5.45. The Bertz CT molecular complexity index is 3150. The minimum absolute atomic E-state index is 0.232. The quantitative estimate of drug-likeness (QED) is 0.154. The molecule has 0 bridgehead atoms. The third kappa shape index (κ3) is 6.53. The molecule has 284 valence electrons. The van der Waals surface area contributed by atoms with Gasteiger partial charge in [0.05, 0.1) is 11.4 Å². The van der Waals surface area contributed by atoms with Crippen LogP contribution in [-0.2, 0) is 0 Å². The highest BCUT2D eigenvalue weighted by molar-refractivity contribution is 7.25. The third-order valence-electron chi connectivity index (χ3n) is 12.9. The minimum Gasteiger partial charge on any atom is -0.248 e. The van der Waals surface area contributed by atoms with E-state index in [1.807, 2.05) is 11.3 Å². The van der Waals surface area contributed by atoms with Gasteiger partial charge in [-0.15, -0.1) is 11.3 Å². The van der Waals surface area contributed by atoms with E-state index >= 15 is 0 Å². The summed E-state index contributed by atoms with van der Waals surface area (Å²) in [6, 6.07) is 52.3. The SMILES string of the molecule is C[C@@H]1CC/C=C(C2=CC=CCC2)/N=C(c2ccccc2)\C=C/1c1cccc(C2CC=Cc3c2c2ccc(-c4ccc5sc6ccccc6c5c4)cc2c2ccccc32)c1. The summed E-state index contributed by atoms with van der Waals surface area (Å²) >= 11 is 1.88. The summed E-state index contributed by atoms with van der Waals surface area (Å²) in [5, 5.41) is 7.99. The van der Waals surface area contributed by atoms with Crippen LogP contribution in [0.15, 0.2) is 192 Å². The normalized spacial score (nSPS) is 20.8. The van der Waals surface area contributed by atoms with Crippen LogP contribution in [-0.4, -0.2) is 5.71 Å². The molecule has 3 aliphatic rings. The lowest BCUT2D eigenvalue weighted by Gasteiger charge is -2.27. The molecule has 1 unspecified atom stereocenters. The van der Waals surface area contributed by atoms with Crippen molar-refractivity contribution in [3.05, 3.63) is 215 Å². The zero-order chi connectivity index (χ0) is 39.3. The Kier molecular flexibility index (Phi) is 9.16. The van der Waals surface area contributed by atoms with E-state index in [1.54, 1.807) is 0 Å².